The van der Waals surface area contributed by atoms with Crippen LogP contribution in [0.5, 0.6) is 0 Å². The molecule has 0 saturated carbocycles. The number of anilines is 1. The molecule has 1 atom stereocenters. The largest absolute Gasteiger partial charge is 0.460 e. The van der Waals surface area contributed by atoms with Crippen molar-refractivity contribution in [2.45, 2.75) is 45.3 Å². The number of carbonyl (C=O) groups is 2. The molecule has 7 heteroatoms. The van der Waals surface area contributed by atoms with Gasteiger partial charge in [0.2, 0.25) is 0 Å². The van der Waals surface area contributed by atoms with Gasteiger partial charge in [-0.2, -0.15) is 0 Å². The molecule has 1 amide bonds. The summed E-state index contributed by atoms with van der Waals surface area (Å²) in [5.41, 5.74) is -1.30. The lowest BCUT2D eigenvalue weighted by Gasteiger charge is -2.29. The Labute approximate surface area is 159 Å². The molecule has 0 saturated heterocycles. The van der Waals surface area contributed by atoms with E-state index in [1.807, 2.05) is 45.0 Å². The fourth-order valence-electron chi connectivity index (χ4n) is 2.43. The number of benzene rings is 1. The quantitative estimate of drug-likeness (QED) is 0.754. The summed E-state index contributed by atoms with van der Waals surface area (Å²) in [5, 5.41) is 7.57. The predicted octanol–water partition coefficient (Wildman–Crippen LogP) is 3.49. The van der Waals surface area contributed by atoms with Crippen LogP contribution in [-0.2, 0) is 14.3 Å². The fraction of sp³-hybridized carbons (Fsp3) is 0.450. The van der Waals surface area contributed by atoms with Crippen LogP contribution in [0.2, 0.25) is 0 Å². The summed E-state index contributed by atoms with van der Waals surface area (Å²) in [6, 6.07) is 9.49. The number of hydrogen-bond acceptors (Lipinski definition) is 6. The molecule has 2 N–H and O–H groups in total. The number of likely N-dealkylation sites (N-methyl/N-ethyl adjacent to an activating group) is 1. The van der Waals surface area contributed by atoms with Crippen LogP contribution in [0.25, 0.3) is 10.8 Å². The van der Waals surface area contributed by atoms with E-state index in [4.69, 9.17) is 9.47 Å². The molecule has 0 unspecified atom stereocenters. The second kappa shape index (κ2) is 8.35. The van der Waals surface area contributed by atoms with Gasteiger partial charge in [-0.25, -0.2) is 9.78 Å². The summed E-state index contributed by atoms with van der Waals surface area (Å²) in [5.74, 6) is 0.0385. The van der Waals surface area contributed by atoms with Crippen LogP contribution in [0.1, 0.15) is 34.1 Å². The number of fused-ring (bicyclic) bond motifs is 1. The first-order valence-corrected chi connectivity index (χ1v) is 8.80. The van der Waals surface area contributed by atoms with Crippen LogP contribution in [0.3, 0.4) is 0 Å². The molecule has 1 heterocycles. The monoisotopic (exact) mass is 373 g/mol. The number of nitrogens with one attached hydrogen (secondary N) is 2. The van der Waals surface area contributed by atoms with Gasteiger partial charge >= 0.3 is 12.1 Å². The van der Waals surface area contributed by atoms with Crippen LogP contribution in [0, 0.1) is 0 Å². The first-order chi connectivity index (χ1) is 12.6. The Balaban J connectivity index is 1.92. The van der Waals surface area contributed by atoms with Crippen molar-refractivity contribution in [1.29, 1.82) is 0 Å². The zero-order valence-corrected chi connectivity index (χ0v) is 16.5. The number of carbonyl (C=O) groups excluding carboxylic acids is 2. The second-order valence-electron chi connectivity index (χ2n) is 7.69. The van der Waals surface area contributed by atoms with Gasteiger partial charge in [-0.1, -0.05) is 24.3 Å². The zero-order valence-electron chi connectivity index (χ0n) is 16.5. The molecule has 0 bridgehead atoms. The molecule has 0 aliphatic carbocycles. The third kappa shape index (κ3) is 6.53. The van der Waals surface area contributed by atoms with Gasteiger partial charge in [-0.3, -0.25) is 10.1 Å². The summed E-state index contributed by atoms with van der Waals surface area (Å²) in [7, 11) is 1.70. The van der Waals surface area contributed by atoms with Crippen LogP contribution in [-0.4, -0.2) is 41.8 Å². The normalized spacial score (nSPS) is 13.7. The van der Waals surface area contributed by atoms with Crippen LogP contribution < -0.4 is 10.6 Å². The van der Waals surface area contributed by atoms with E-state index in [0.29, 0.717) is 5.82 Å². The Hall–Kier alpha value is -2.67. The van der Waals surface area contributed by atoms with E-state index < -0.39 is 17.2 Å². The lowest BCUT2D eigenvalue weighted by atomic mass is 9.99. The van der Waals surface area contributed by atoms with Crippen molar-refractivity contribution in [3.8, 4) is 0 Å². The van der Waals surface area contributed by atoms with Crippen molar-refractivity contribution < 1.29 is 19.1 Å². The highest BCUT2D eigenvalue weighted by atomic mass is 16.6. The maximum absolute atomic E-state index is 12.1. The Kier molecular flexibility index (Phi) is 6.38. The van der Waals surface area contributed by atoms with Crippen molar-refractivity contribution >= 4 is 28.7 Å². The van der Waals surface area contributed by atoms with Gasteiger partial charge in [0.15, 0.2) is 0 Å². The van der Waals surface area contributed by atoms with E-state index >= 15 is 0 Å². The maximum Gasteiger partial charge on any atom is 0.412 e. The van der Waals surface area contributed by atoms with Crippen molar-refractivity contribution in [3.05, 3.63) is 36.5 Å². The van der Waals surface area contributed by atoms with Crippen molar-refractivity contribution in [1.82, 2.24) is 10.3 Å². The minimum absolute atomic E-state index is 0.00214. The van der Waals surface area contributed by atoms with Crippen molar-refractivity contribution in [2.75, 3.05) is 19.0 Å². The highest BCUT2D eigenvalue weighted by Gasteiger charge is 2.30. The summed E-state index contributed by atoms with van der Waals surface area (Å²) in [4.78, 5) is 28.4. The SMILES string of the molecule is CN[C@@](C)(COC(=O)Nc1cc2ccccc2cn1)CC(=O)OC(C)(C)C. The Morgan fingerprint density at radius 3 is 2.41 bits per heavy atom. The maximum atomic E-state index is 12.1. The molecule has 1 aromatic carbocycles. The highest BCUT2D eigenvalue weighted by molar-refractivity contribution is 5.89. The molecular formula is C20H27N3O4. The molecular weight excluding hydrogens is 346 g/mol. The molecule has 0 aliphatic heterocycles. The Bertz CT molecular complexity index is 816. The lowest BCUT2D eigenvalue weighted by molar-refractivity contribution is -0.156. The lowest BCUT2D eigenvalue weighted by Crippen LogP contribution is -2.47. The number of amides is 1. The molecule has 2 rings (SSSR count). The van der Waals surface area contributed by atoms with Crippen molar-refractivity contribution in [2.24, 2.45) is 0 Å². The van der Waals surface area contributed by atoms with E-state index in [1.165, 1.54) is 0 Å². The third-order valence-electron chi connectivity index (χ3n) is 3.94. The minimum Gasteiger partial charge on any atom is -0.460 e. The van der Waals surface area contributed by atoms with Gasteiger partial charge in [0.05, 0.1) is 12.0 Å². The number of nitrogens with zero attached hydrogens (tertiary/aromatic N) is 1. The molecule has 7 nitrogen and oxygen atoms in total. The van der Waals surface area contributed by atoms with Gasteiger partial charge in [-0.15, -0.1) is 0 Å². The number of aromatic nitrogens is 1. The number of hydrogen-bond donors (Lipinski definition) is 2. The molecule has 146 valence electrons. The fourth-order valence-corrected chi connectivity index (χ4v) is 2.43. The van der Waals surface area contributed by atoms with E-state index in [-0.39, 0.29) is 19.0 Å². The average Bonchev–Trinajstić information content (AvgIpc) is 2.58. The smallest absolute Gasteiger partial charge is 0.412 e. The summed E-state index contributed by atoms with van der Waals surface area (Å²) in [6.45, 7) is 7.22. The summed E-state index contributed by atoms with van der Waals surface area (Å²) >= 11 is 0. The standard InChI is InChI=1S/C20H27N3O4/c1-19(2,3)27-17(24)11-20(4,21-5)13-26-18(25)23-16-10-14-8-6-7-9-15(14)12-22-16/h6-10,12,21H,11,13H2,1-5H3,(H,22,23,25)/t20-/m1/s1. The van der Waals surface area contributed by atoms with Crippen LogP contribution >= 0.6 is 0 Å². The summed E-state index contributed by atoms with van der Waals surface area (Å²) < 4.78 is 10.6. The first-order valence-electron chi connectivity index (χ1n) is 8.80. The van der Waals surface area contributed by atoms with Crippen LogP contribution in [0.15, 0.2) is 36.5 Å². The number of ether oxygens (including phenoxy) is 2. The van der Waals surface area contributed by atoms with Crippen LogP contribution in [0.4, 0.5) is 10.6 Å². The van der Waals surface area contributed by atoms with Crippen molar-refractivity contribution in [3.63, 3.8) is 0 Å². The predicted molar refractivity (Wildman–Crippen MR) is 105 cm³/mol. The number of rotatable bonds is 6. The molecule has 0 radical (unpaired) electrons. The summed E-state index contributed by atoms with van der Waals surface area (Å²) in [6.07, 6.45) is 1.12. The molecule has 0 fully saturated rings. The first kappa shape index (κ1) is 20.6. The molecule has 27 heavy (non-hydrogen) atoms. The van der Waals surface area contributed by atoms with E-state index in [9.17, 15) is 9.59 Å². The van der Waals surface area contributed by atoms with Gasteiger partial charge < -0.3 is 14.8 Å². The topological polar surface area (TPSA) is 89.5 Å². The molecule has 0 spiro atoms. The number of esters is 1. The van der Waals surface area contributed by atoms with Gasteiger partial charge in [0.25, 0.3) is 0 Å². The number of pyridine rings is 1. The third-order valence-corrected chi connectivity index (χ3v) is 3.94. The Morgan fingerprint density at radius 1 is 1.11 bits per heavy atom. The Morgan fingerprint density at radius 2 is 1.78 bits per heavy atom. The second-order valence-corrected chi connectivity index (χ2v) is 7.69. The van der Waals surface area contributed by atoms with Gasteiger partial charge in [0.1, 0.15) is 18.0 Å². The minimum atomic E-state index is -0.740. The van der Waals surface area contributed by atoms with Gasteiger partial charge in [-0.05, 0) is 46.2 Å². The average molecular weight is 373 g/mol. The zero-order chi connectivity index (χ0) is 20.1. The highest BCUT2D eigenvalue weighted by Crippen LogP contribution is 2.18. The van der Waals surface area contributed by atoms with E-state index in [2.05, 4.69) is 15.6 Å². The van der Waals surface area contributed by atoms with E-state index in [0.717, 1.165) is 10.8 Å². The molecule has 0 aliphatic rings. The molecule has 1 aromatic heterocycles. The van der Waals surface area contributed by atoms with E-state index in [1.54, 1.807) is 26.2 Å². The molecule has 2 aromatic rings. The van der Waals surface area contributed by atoms with Gasteiger partial charge in [0, 0.05) is 11.6 Å².